The summed E-state index contributed by atoms with van der Waals surface area (Å²) in [5, 5.41) is 3.96. The Morgan fingerprint density at radius 1 is 1.07 bits per heavy atom. The van der Waals surface area contributed by atoms with Gasteiger partial charge in [-0.3, -0.25) is 9.59 Å². The topological polar surface area (TPSA) is 69.6 Å². The zero-order valence-electron chi connectivity index (χ0n) is 16.8. The number of amides is 2. The molecule has 4 rings (SSSR count). The Labute approximate surface area is 174 Å². The van der Waals surface area contributed by atoms with E-state index in [0.717, 1.165) is 29.9 Å². The van der Waals surface area contributed by atoms with Gasteiger partial charge in [0.15, 0.2) is 6.54 Å². The summed E-state index contributed by atoms with van der Waals surface area (Å²) in [6, 6.07) is 13.9. The highest BCUT2D eigenvalue weighted by molar-refractivity contribution is 5.91. The van der Waals surface area contributed by atoms with Crippen molar-refractivity contribution >= 4 is 28.4 Å². The maximum absolute atomic E-state index is 13.0. The average molecular weight is 409 g/mol. The number of halogens is 1. The highest BCUT2D eigenvalue weighted by atomic mass is 19.1. The molecule has 156 valence electrons. The van der Waals surface area contributed by atoms with E-state index in [0.29, 0.717) is 31.7 Å². The third-order valence-corrected chi connectivity index (χ3v) is 5.64. The Morgan fingerprint density at radius 2 is 1.80 bits per heavy atom. The lowest BCUT2D eigenvalue weighted by Gasteiger charge is -2.32. The van der Waals surface area contributed by atoms with Crippen molar-refractivity contribution in [3.8, 4) is 0 Å². The number of rotatable bonds is 6. The number of hydrogen-bond donors (Lipinski definition) is 3. The molecule has 2 heterocycles. The molecule has 1 fully saturated rings. The van der Waals surface area contributed by atoms with Gasteiger partial charge in [0.25, 0.3) is 5.91 Å². The van der Waals surface area contributed by atoms with Crippen LogP contribution in [0.3, 0.4) is 0 Å². The normalized spacial score (nSPS) is 14.8. The zero-order valence-corrected chi connectivity index (χ0v) is 16.8. The third kappa shape index (κ3) is 4.86. The summed E-state index contributed by atoms with van der Waals surface area (Å²) in [6.45, 7) is 3.15. The Balaban J connectivity index is 1.21. The second kappa shape index (κ2) is 9.09. The van der Waals surface area contributed by atoms with Crippen LogP contribution < -0.4 is 10.2 Å². The first-order valence-corrected chi connectivity index (χ1v) is 10.3. The van der Waals surface area contributed by atoms with E-state index in [1.807, 2.05) is 29.3 Å². The molecular weight excluding hydrogens is 383 g/mol. The number of carbonyl (C=O) groups is 2. The highest BCUT2D eigenvalue weighted by Gasteiger charge is 2.25. The number of anilines is 1. The molecule has 30 heavy (non-hydrogen) atoms. The zero-order chi connectivity index (χ0) is 20.9. The maximum atomic E-state index is 13.0. The van der Waals surface area contributed by atoms with Gasteiger partial charge in [0.1, 0.15) is 5.82 Å². The number of nitrogens with one attached hydrogen (secondary N) is 3. The van der Waals surface area contributed by atoms with Crippen LogP contribution in [-0.2, 0) is 16.0 Å². The molecule has 7 heteroatoms. The molecule has 0 atom stereocenters. The number of aromatic nitrogens is 1. The Kier molecular flexibility index (Phi) is 6.09. The summed E-state index contributed by atoms with van der Waals surface area (Å²) < 4.78 is 13.0. The largest absolute Gasteiger partial charge is 0.361 e. The summed E-state index contributed by atoms with van der Waals surface area (Å²) in [5.41, 5.74) is 2.85. The minimum Gasteiger partial charge on any atom is -0.361 e. The van der Waals surface area contributed by atoms with Gasteiger partial charge in [0, 0.05) is 29.2 Å². The van der Waals surface area contributed by atoms with Crippen molar-refractivity contribution in [1.82, 2.24) is 9.88 Å². The van der Waals surface area contributed by atoms with Crippen LogP contribution in [0.1, 0.15) is 12.0 Å². The lowest BCUT2D eigenvalue weighted by Crippen LogP contribution is -3.15. The van der Waals surface area contributed by atoms with E-state index >= 15 is 0 Å². The van der Waals surface area contributed by atoms with E-state index in [4.69, 9.17) is 0 Å². The van der Waals surface area contributed by atoms with Crippen LogP contribution in [0.2, 0.25) is 0 Å². The van der Waals surface area contributed by atoms with Gasteiger partial charge in [0.2, 0.25) is 5.91 Å². The predicted molar refractivity (Wildman–Crippen MR) is 114 cm³/mol. The summed E-state index contributed by atoms with van der Waals surface area (Å²) in [5.74, 6) is -0.269. The van der Waals surface area contributed by atoms with Crippen molar-refractivity contribution in [3.05, 3.63) is 66.1 Å². The van der Waals surface area contributed by atoms with Gasteiger partial charge in [-0.15, -0.1) is 0 Å². The van der Waals surface area contributed by atoms with E-state index in [9.17, 15) is 14.0 Å². The number of para-hydroxylation sites is 1. The summed E-state index contributed by atoms with van der Waals surface area (Å²) in [4.78, 5) is 31.1. The quantitative estimate of drug-likeness (QED) is 0.579. The van der Waals surface area contributed by atoms with Gasteiger partial charge in [-0.1, -0.05) is 18.2 Å². The second-order valence-electron chi connectivity index (χ2n) is 7.72. The van der Waals surface area contributed by atoms with Crippen molar-refractivity contribution < 1.29 is 18.9 Å². The standard InChI is InChI=1S/C23H25FN4O2/c24-18-6-8-19(9-7-18)26-22(29)16-27-11-13-28(14-12-27)23(30)10-5-17-15-25-21-4-2-1-3-20(17)21/h1-4,6-9,15,25H,5,10-14,16H2,(H,26,29)/p+1. The van der Waals surface area contributed by atoms with Crippen LogP contribution in [0.25, 0.3) is 10.9 Å². The number of H-pyrrole nitrogens is 1. The molecular formula is C23H26FN4O2+. The molecule has 3 aromatic rings. The molecule has 3 N–H and O–H groups in total. The summed E-state index contributed by atoms with van der Waals surface area (Å²) >= 11 is 0. The van der Waals surface area contributed by atoms with Gasteiger partial charge in [-0.2, -0.15) is 0 Å². The fourth-order valence-corrected chi connectivity index (χ4v) is 3.95. The Morgan fingerprint density at radius 3 is 2.57 bits per heavy atom. The number of benzene rings is 2. The molecule has 0 radical (unpaired) electrons. The van der Waals surface area contributed by atoms with Crippen LogP contribution >= 0.6 is 0 Å². The molecule has 0 spiro atoms. The first kappa shape index (κ1) is 20.1. The molecule has 1 aliphatic rings. The van der Waals surface area contributed by atoms with Crippen LogP contribution in [0.15, 0.2) is 54.7 Å². The molecule has 0 saturated carbocycles. The average Bonchev–Trinajstić information content (AvgIpc) is 3.17. The monoisotopic (exact) mass is 409 g/mol. The van der Waals surface area contributed by atoms with Crippen LogP contribution in [0.4, 0.5) is 10.1 Å². The van der Waals surface area contributed by atoms with Crippen molar-refractivity contribution in [1.29, 1.82) is 0 Å². The van der Waals surface area contributed by atoms with Gasteiger partial charge >= 0.3 is 0 Å². The highest BCUT2D eigenvalue weighted by Crippen LogP contribution is 2.19. The Bertz CT molecular complexity index is 1020. The summed E-state index contributed by atoms with van der Waals surface area (Å²) in [6.07, 6.45) is 3.19. The fourth-order valence-electron chi connectivity index (χ4n) is 3.95. The predicted octanol–water partition coefficient (Wildman–Crippen LogP) is 1.61. The van der Waals surface area contributed by atoms with E-state index in [-0.39, 0.29) is 17.6 Å². The van der Waals surface area contributed by atoms with E-state index < -0.39 is 0 Å². The molecule has 0 bridgehead atoms. The van der Waals surface area contributed by atoms with E-state index in [2.05, 4.69) is 16.4 Å². The first-order chi connectivity index (χ1) is 14.6. The lowest BCUT2D eigenvalue weighted by atomic mass is 10.1. The van der Waals surface area contributed by atoms with Crippen molar-refractivity contribution in [2.45, 2.75) is 12.8 Å². The number of aryl methyl sites for hydroxylation is 1. The number of aromatic amines is 1. The van der Waals surface area contributed by atoms with Crippen molar-refractivity contribution in [2.24, 2.45) is 0 Å². The van der Waals surface area contributed by atoms with Crippen LogP contribution in [-0.4, -0.2) is 54.4 Å². The maximum Gasteiger partial charge on any atom is 0.279 e. The van der Waals surface area contributed by atoms with E-state index in [1.54, 1.807) is 12.1 Å². The van der Waals surface area contributed by atoms with Gasteiger partial charge in [-0.25, -0.2) is 4.39 Å². The molecule has 0 unspecified atom stereocenters. The molecule has 1 aromatic heterocycles. The van der Waals surface area contributed by atoms with E-state index in [1.165, 1.54) is 23.1 Å². The molecule has 1 aliphatic heterocycles. The van der Waals surface area contributed by atoms with Gasteiger partial charge in [-0.05, 0) is 42.3 Å². The number of piperazine rings is 1. The number of fused-ring (bicyclic) bond motifs is 1. The molecule has 2 aromatic carbocycles. The lowest BCUT2D eigenvalue weighted by molar-refractivity contribution is -0.895. The smallest absolute Gasteiger partial charge is 0.279 e. The minimum absolute atomic E-state index is 0.101. The number of hydrogen-bond acceptors (Lipinski definition) is 2. The number of nitrogens with zero attached hydrogens (tertiary/aromatic N) is 1. The van der Waals surface area contributed by atoms with Crippen LogP contribution in [0, 0.1) is 5.82 Å². The minimum atomic E-state index is -0.330. The first-order valence-electron chi connectivity index (χ1n) is 10.3. The molecule has 2 amide bonds. The number of carbonyl (C=O) groups excluding carboxylic acids is 2. The van der Waals surface area contributed by atoms with Gasteiger partial charge in [0.05, 0.1) is 26.2 Å². The molecule has 1 saturated heterocycles. The Hall–Kier alpha value is -3.19. The van der Waals surface area contributed by atoms with Crippen LogP contribution in [0.5, 0.6) is 0 Å². The molecule has 6 nitrogen and oxygen atoms in total. The third-order valence-electron chi connectivity index (χ3n) is 5.64. The second-order valence-corrected chi connectivity index (χ2v) is 7.72. The fraction of sp³-hybridized carbons (Fsp3) is 0.304. The molecule has 0 aliphatic carbocycles. The summed E-state index contributed by atoms with van der Waals surface area (Å²) in [7, 11) is 0. The van der Waals surface area contributed by atoms with Gasteiger partial charge < -0.3 is 20.1 Å². The van der Waals surface area contributed by atoms with Crippen molar-refractivity contribution in [3.63, 3.8) is 0 Å². The number of quaternary nitrogens is 1. The SMILES string of the molecule is O=C(C[NH+]1CCN(C(=O)CCc2c[nH]c3ccccc23)CC1)Nc1ccc(F)cc1. The van der Waals surface area contributed by atoms with Crippen molar-refractivity contribution in [2.75, 3.05) is 38.0 Å².